The van der Waals surface area contributed by atoms with E-state index in [4.69, 9.17) is 4.74 Å². The fourth-order valence-corrected chi connectivity index (χ4v) is 1.95. The third-order valence-electron chi connectivity index (χ3n) is 2.80. The van der Waals surface area contributed by atoms with Crippen molar-refractivity contribution in [3.05, 3.63) is 54.1 Å². The lowest BCUT2D eigenvalue weighted by Crippen LogP contribution is -2.07. The average molecular weight is 170 g/mol. The number of fused-ring (bicyclic) bond motifs is 3. The van der Waals surface area contributed by atoms with Gasteiger partial charge in [-0.15, -0.1) is 0 Å². The predicted octanol–water partition coefficient (Wildman–Crippen LogP) is 2.71. The zero-order valence-electron chi connectivity index (χ0n) is 7.23. The van der Waals surface area contributed by atoms with Crippen LogP contribution in [0.4, 0.5) is 0 Å². The Bertz CT molecular complexity index is 405. The molecule has 2 aliphatic rings. The van der Waals surface area contributed by atoms with Gasteiger partial charge in [0.15, 0.2) is 0 Å². The van der Waals surface area contributed by atoms with Crippen molar-refractivity contribution in [3.8, 4) is 0 Å². The van der Waals surface area contributed by atoms with Crippen molar-refractivity contribution in [1.82, 2.24) is 0 Å². The van der Waals surface area contributed by atoms with Gasteiger partial charge in [0.05, 0.1) is 0 Å². The van der Waals surface area contributed by atoms with Gasteiger partial charge in [0, 0.05) is 0 Å². The zero-order valence-corrected chi connectivity index (χ0v) is 7.23. The molecule has 1 nitrogen and oxygen atoms in total. The van der Waals surface area contributed by atoms with Crippen molar-refractivity contribution in [3.63, 3.8) is 0 Å². The second kappa shape index (κ2) is 2.12. The van der Waals surface area contributed by atoms with Crippen LogP contribution >= 0.6 is 0 Å². The lowest BCUT2D eigenvalue weighted by molar-refractivity contribution is 0.364. The maximum atomic E-state index is 5.64. The summed E-state index contributed by atoms with van der Waals surface area (Å²) in [4.78, 5) is 0. The monoisotopic (exact) mass is 170 g/mol. The highest BCUT2D eigenvalue weighted by molar-refractivity contribution is 5.63. The van der Waals surface area contributed by atoms with Crippen LogP contribution in [0.2, 0.25) is 0 Å². The van der Waals surface area contributed by atoms with Crippen molar-refractivity contribution < 1.29 is 4.74 Å². The molecule has 3 rings (SSSR count). The van der Waals surface area contributed by atoms with Gasteiger partial charge in [-0.25, -0.2) is 0 Å². The second-order valence-electron chi connectivity index (χ2n) is 3.52. The van der Waals surface area contributed by atoms with Crippen molar-refractivity contribution in [1.29, 1.82) is 0 Å². The molecule has 13 heavy (non-hydrogen) atoms. The summed E-state index contributed by atoms with van der Waals surface area (Å²) in [5, 5.41) is 0. The van der Waals surface area contributed by atoms with Crippen LogP contribution in [-0.4, -0.2) is 5.60 Å². The van der Waals surface area contributed by atoms with E-state index in [1.54, 1.807) is 0 Å². The maximum Gasteiger partial charge on any atom is 0.136 e. The molecule has 0 amide bonds. The molecule has 0 bridgehead atoms. The van der Waals surface area contributed by atoms with Crippen LogP contribution in [0.5, 0.6) is 0 Å². The van der Waals surface area contributed by atoms with Crippen LogP contribution < -0.4 is 0 Å². The summed E-state index contributed by atoms with van der Waals surface area (Å²) in [7, 11) is 0. The van der Waals surface area contributed by atoms with Crippen LogP contribution in [0.1, 0.15) is 17.2 Å². The number of hydrogen-bond acceptors (Lipinski definition) is 1. The fourth-order valence-electron chi connectivity index (χ4n) is 1.95. The van der Waals surface area contributed by atoms with Gasteiger partial charge in [0.25, 0.3) is 0 Å². The van der Waals surface area contributed by atoms with E-state index in [0.29, 0.717) is 0 Å². The topological polar surface area (TPSA) is 12.5 Å². The van der Waals surface area contributed by atoms with Crippen molar-refractivity contribution in [2.75, 3.05) is 0 Å². The van der Waals surface area contributed by atoms with Crippen LogP contribution in [-0.2, 0) is 4.74 Å². The van der Waals surface area contributed by atoms with E-state index < -0.39 is 0 Å². The Labute approximate surface area is 77.3 Å². The van der Waals surface area contributed by atoms with Crippen LogP contribution in [0.15, 0.2) is 43.0 Å². The first kappa shape index (κ1) is 7.10. The highest BCUT2D eigenvalue weighted by Crippen LogP contribution is 2.55. The molecule has 1 aliphatic heterocycles. The number of ether oxygens (including phenoxy) is 1. The molecule has 1 aromatic rings. The second-order valence-corrected chi connectivity index (χ2v) is 3.52. The molecule has 64 valence electrons. The van der Waals surface area contributed by atoms with E-state index in [1.807, 2.05) is 18.2 Å². The predicted molar refractivity (Wildman–Crippen MR) is 52.2 cm³/mol. The SMILES string of the molecule is C=CC12C=Cc3ccccc3C1O2. The molecule has 0 saturated carbocycles. The molecular formula is C12H10O. The summed E-state index contributed by atoms with van der Waals surface area (Å²) in [6, 6.07) is 8.33. The first-order valence-electron chi connectivity index (χ1n) is 4.45. The molecule has 0 N–H and O–H groups in total. The van der Waals surface area contributed by atoms with E-state index in [2.05, 4.69) is 30.9 Å². The summed E-state index contributed by atoms with van der Waals surface area (Å²) in [5.41, 5.74) is 2.36. The third-order valence-corrected chi connectivity index (χ3v) is 2.80. The molecule has 1 heterocycles. The maximum absolute atomic E-state index is 5.64. The van der Waals surface area contributed by atoms with E-state index in [1.165, 1.54) is 11.1 Å². The minimum absolute atomic E-state index is 0.186. The standard InChI is InChI=1S/C12H10O/c1-2-12-8-7-9-5-3-4-6-10(9)11(12)13-12/h2-8,11H,1H2. The Morgan fingerprint density at radius 1 is 1.38 bits per heavy atom. The van der Waals surface area contributed by atoms with Crippen LogP contribution in [0.3, 0.4) is 0 Å². The molecule has 1 aromatic carbocycles. The fraction of sp³-hybridized carbons (Fsp3) is 0.167. The van der Waals surface area contributed by atoms with Crippen molar-refractivity contribution >= 4 is 6.08 Å². The minimum Gasteiger partial charge on any atom is -0.352 e. The van der Waals surface area contributed by atoms with Gasteiger partial charge < -0.3 is 4.74 Å². The Hall–Kier alpha value is -1.34. The molecule has 1 saturated heterocycles. The van der Waals surface area contributed by atoms with Crippen LogP contribution in [0.25, 0.3) is 6.08 Å². The Kier molecular flexibility index (Phi) is 1.16. The summed E-state index contributed by atoms with van der Waals surface area (Å²) in [6.07, 6.45) is 6.30. The zero-order chi connectivity index (χ0) is 8.89. The lowest BCUT2D eigenvalue weighted by atomic mass is 9.90. The summed E-state index contributed by atoms with van der Waals surface area (Å²) in [5.74, 6) is 0. The molecule has 2 atom stereocenters. The van der Waals surface area contributed by atoms with Gasteiger partial charge >= 0.3 is 0 Å². The lowest BCUT2D eigenvalue weighted by Gasteiger charge is -2.09. The first-order chi connectivity index (χ1) is 6.36. The van der Waals surface area contributed by atoms with Gasteiger partial charge in [0.1, 0.15) is 11.7 Å². The minimum atomic E-state index is -0.186. The summed E-state index contributed by atoms with van der Waals surface area (Å²) >= 11 is 0. The van der Waals surface area contributed by atoms with Gasteiger partial charge in [0.2, 0.25) is 0 Å². The van der Waals surface area contributed by atoms with Crippen molar-refractivity contribution in [2.45, 2.75) is 11.7 Å². The Morgan fingerprint density at radius 2 is 2.23 bits per heavy atom. The third kappa shape index (κ3) is 0.798. The molecule has 1 fully saturated rings. The molecule has 0 radical (unpaired) electrons. The molecule has 0 spiro atoms. The quantitative estimate of drug-likeness (QED) is 0.466. The average Bonchev–Trinajstić information content (AvgIpc) is 2.93. The van der Waals surface area contributed by atoms with Gasteiger partial charge in [-0.05, 0) is 17.2 Å². The number of epoxide rings is 1. The van der Waals surface area contributed by atoms with Gasteiger partial charge in [-0.3, -0.25) is 0 Å². The summed E-state index contributed by atoms with van der Waals surface area (Å²) < 4.78 is 5.64. The number of hydrogen-bond donors (Lipinski definition) is 0. The van der Waals surface area contributed by atoms with E-state index >= 15 is 0 Å². The van der Waals surface area contributed by atoms with Crippen LogP contribution in [0, 0.1) is 0 Å². The number of rotatable bonds is 1. The highest BCUT2D eigenvalue weighted by atomic mass is 16.6. The highest BCUT2D eigenvalue weighted by Gasteiger charge is 2.55. The summed E-state index contributed by atoms with van der Waals surface area (Å²) in [6.45, 7) is 3.79. The smallest absolute Gasteiger partial charge is 0.136 e. The van der Waals surface area contributed by atoms with Crippen molar-refractivity contribution in [2.24, 2.45) is 0 Å². The van der Waals surface area contributed by atoms with E-state index in [9.17, 15) is 0 Å². The van der Waals surface area contributed by atoms with E-state index in [-0.39, 0.29) is 11.7 Å². The van der Waals surface area contributed by atoms with Gasteiger partial charge in [-0.2, -0.15) is 0 Å². The van der Waals surface area contributed by atoms with Gasteiger partial charge in [-0.1, -0.05) is 43.0 Å². The first-order valence-corrected chi connectivity index (χ1v) is 4.45. The molecule has 1 heteroatoms. The normalized spacial score (nSPS) is 33.4. The number of benzene rings is 1. The molecule has 2 unspecified atom stereocenters. The Balaban J connectivity index is 2.17. The van der Waals surface area contributed by atoms with E-state index in [0.717, 1.165) is 0 Å². The largest absolute Gasteiger partial charge is 0.352 e. The Morgan fingerprint density at radius 3 is 3.08 bits per heavy atom. The molecular weight excluding hydrogens is 160 g/mol. The molecule has 1 aliphatic carbocycles. The molecule has 0 aromatic heterocycles.